The number of rotatable bonds is 4. The topological polar surface area (TPSA) is 49.0 Å². The number of nitrogens with zero attached hydrogens (tertiary/aromatic N) is 2. The molecule has 2 atom stereocenters. The van der Waals surface area contributed by atoms with E-state index >= 15 is 0 Å². The lowest BCUT2D eigenvalue weighted by Crippen LogP contribution is -2.49. The van der Waals surface area contributed by atoms with Gasteiger partial charge in [0.2, 0.25) is 0 Å². The predicted molar refractivity (Wildman–Crippen MR) is 165 cm³/mol. The van der Waals surface area contributed by atoms with E-state index in [9.17, 15) is 0 Å². The Morgan fingerprint density at radius 2 is 1.34 bits per heavy atom. The Morgan fingerprint density at radius 3 is 1.83 bits per heavy atom. The van der Waals surface area contributed by atoms with Crippen molar-refractivity contribution in [1.29, 1.82) is 0 Å². The number of benzene rings is 2. The Hall–Kier alpha value is -0.420. The Balaban J connectivity index is 0.000000587. The van der Waals surface area contributed by atoms with Crippen molar-refractivity contribution in [3.8, 4) is 11.5 Å². The van der Waals surface area contributed by atoms with Crippen LogP contribution in [-0.4, -0.2) is 65.6 Å². The fourth-order valence-corrected chi connectivity index (χ4v) is 4.39. The van der Waals surface area contributed by atoms with Crippen LogP contribution in [0, 0.1) is 0 Å². The molecule has 0 aromatic heterocycles. The third-order valence-corrected chi connectivity index (χ3v) is 6.31. The first-order valence-corrected chi connectivity index (χ1v) is 15.6. The highest BCUT2D eigenvalue weighted by atomic mass is 80.9. The average Bonchev–Trinajstić information content (AvgIpc) is 2.86. The molecule has 2 aromatic carbocycles. The molecule has 2 aliphatic rings. The van der Waals surface area contributed by atoms with Crippen LogP contribution in [0.15, 0.2) is 46.9 Å². The molecule has 4 rings (SSSR count). The maximum Gasteiger partial charge on any atom is 0.135 e. The second-order valence-electron chi connectivity index (χ2n) is 8.12. The van der Waals surface area contributed by atoms with Crippen molar-refractivity contribution in [3.05, 3.63) is 46.9 Å². The van der Waals surface area contributed by atoms with Crippen molar-refractivity contribution in [2.24, 2.45) is 0 Å². The van der Waals surface area contributed by atoms with Crippen LogP contribution in [0.3, 0.4) is 0 Å². The van der Waals surface area contributed by atoms with Gasteiger partial charge in [-0.25, -0.2) is 0 Å². The molecule has 2 heterocycles. The van der Waals surface area contributed by atoms with E-state index in [2.05, 4.69) is 103 Å². The molecule has 200 valence electrons. The van der Waals surface area contributed by atoms with Crippen molar-refractivity contribution >= 4 is 80.4 Å². The third-order valence-electron chi connectivity index (χ3n) is 5.66. The minimum Gasteiger partial charge on any atom is -0.497 e. The van der Waals surface area contributed by atoms with Crippen molar-refractivity contribution in [2.75, 3.05) is 63.3 Å². The minimum absolute atomic E-state index is 0. The molecule has 0 saturated carbocycles. The van der Waals surface area contributed by atoms with Crippen molar-refractivity contribution < 1.29 is 9.47 Å². The van der Waals surface area contributed by atoms with E-state index in [1.807, 2.05) is 18.2 Å². The van der Waals surface area contributed by atoms with Gasteiger partial charge >= 0.3 is 0 Å². The Kier molecular flexibility index (Phi) is 18.5. The van der Waals surface area contributed by atoms with Gasteiger partial charge in [0.15, 0.2) is 0 Å². The van der Waals surface area contributed by atoms with Crippen LogP contribution in [0.5, 0.6) is 11.5 Å². The molecule has 0 unspecified atom stereocenters. The van der Waals surface area contributed by atoms with Gasteiger partial charge in [-0.2, -0.15) is 0 Å². The summed E-state index contributed by atoms with van der Waals surface area (Å²) >= 11 is 8.97. The van der Waals surface area contributed by atoms with E-state index in [1.165, 1.54) is 11.4 Å². The van der Waals surface area contributed by atoms with Crippen LogP contribution >= 0.6 is 69.0 Å². The van der Waals surface area contributed by atoms with Gasteiger partial charge in [0.25, 0.3) is 0 Å². The molecule has 2 N–H and O–H groups in total. The van der Waals surface area contributed by atoms with E-state index in [4.69, 9.17) is 9.47 Å². The monoisotopic (exact) mass is 720 g/mol. The lowest BCUT2D eigenvalue weighted by atomic mass is 10.2. The zero-order valence-corrected chi connectivity index (χ0v) is 27.0. The Bertz CT molecular complexity index is 854. The maximum absolute atomic E-state index is 5.31. The van der Waals surface area contributed by atoms with Gasteiger partial charge in [-0.3, -0.25) is 0 Å². The highest BCUT2D eigenvalue weighted by molar-refractivity contribution is 9.93. The average molecular weight is 724 g/mol. The Labute approximate surface area is 246 Å². The van der Waals surface area contributed by atoms with E-state index in [1.54, 1.807) is 14.2 Å². The summed E-state index contributed by atoms with van der Waals surface area (Å²) in [5.74, 6) is 1.82. The first-order valence-electron chi connectivity index (χ1n) is 11.1. The van der Waals surface area contributed by atoms with Crippen molar-refractivity contribution in [2.45, 2.75) is 25.9 Å². The third kappa shape index (κ3) is 11.2. The summed E-state index contributed by atoms with van der Waals surface area (Å²) in [6.45, 7) is 10.7. The zero-order valence-electron chi connectivity index (χ0n) is 20.6. The number of piperazine rings is 2. The number of anilines is 2. The summed E-state index contributed by atoms with van der Waals surface area (Å²) in [5, 5.41) is 6.88. The molecular weight excluding hydrogens is 687 g/mol. The number of ether oxygens (including phenoxy) is 2. The quantitative estimate of drug-likeness (QED) is 0.388. The molecule has 2 aliphatic heterocycles. The number of hydrogen-bond donors (Lipinski definition) is 2. The number of halogens is 5. The smallest absolute Gasteiger partial charge is 0.135 e. The molecule has 2 aromatic rings. The highest BCUT2D eigenvalue weighted by Crippen LogP contribution is 2.30. The van der Waals surface area contributed by atoms with Crippen LogP contribution in [0.4, 0.5) is 11.4 Å². The predicted octanol–water partition coefficient (Wildman–Crippen LogP) is 6.28. The van der Waals surface area contributed by atoms with Crippen LogP contribution in [0.25, 0.3) is 0 Å². The summed E-state index contributed by atoms with van der Waals surface area (Å²) in [5.41, 5.74) is 2.48. The second kappa shape index (κ2) is 18.8. The summed E-state index contributed by atoms with van der Waals surface area (Å²) in [7, 11) is 3.41. The molecule has 2 fully saturated rings. The fourth-order valence-electron chi connectivity index (χ4n) is 3.99. The largest absolute Gasteiger partial charge is 0.497 e. The summed E-state index contributed by atoms with van der Waals surface area (Å²) in [6, 6.07) is 15.6. The first-order chi connectivity index (χ1) is 16.0. The fraction of sp³-hybridized carbons (Fsp3) is 0.500. The molecule has 0 spiro atoms. The molecule has 0 amide bonds. The van der Waals surface area contributed by atoms with Gasteiger partial charge in [0.1, 0.15) is 11.5 Å². The molecule has 6 nitrogen and oxygen atoms in total. The molecule has 0 aliphatic carbocycles. The van der Waals surface area contributed by atoms with E-state index in [0.29, 0.717) is 12.1 Å². The van der Waals surface area contributed by atoms with Gasteiger partial charge in [0.05, 0.1) is 18.7 Å². The summed E-state index contributed by atoms with van der Waals surface area (Å²) < 4.78 is 11.5. The van der Waals surface area contributed by atoms with E-state index in [0.717, 1.165) is 55.2 Å². The van der Waals surface area contributed by atoms with Crippen LogP contribution in [0.1, 0.15) is 13.8 Å². The van der Waals surface area contributed by atoms with Gasteiger partial charge < -0.3 is 29.9 Å². The highest BCUT2D eigenvalue weighted by Gasteiger charge is 2.17. The number of hydrogen-bond acceptors (Lipinski definition) is 6. The molecule has 11 heteroatoms. The van der Waals surface area contributed by atoms with E-state index in [-0.39, 0.29) is 24.8 Å². The van der Waals surface area contributed by atoms with Gasteiger partial charge in [-0.05, 0) is 54.0 Å². The van der Waals surface area contributed by atoms with Gasteiger partial charge in [-0.1, -0.05) is 6.07 Å². The van der Waals surface area contributed by atoms with Crippen LogP contribution < -0.4 is 29.9 Å². The maximum atomic E-state index is 5.31. The normalized spacial score (nSPS) is 18.9. The van der Waals surface area contributed by atoms with Crippen molar-refractivity contribution in [3.63, 3.8) is 0 Å². The van der Waals surface area contributed by atoms with Crippen LogP contribution in [-0.2, 0) is 0 Å². The SMILES string of the molecule is BrBr.COc1cc(N2CCN[C@@H](C)C2)ccc1Br.COc1cccc(N2CCN[C@@H](C)C2)c1.Cl.Cl. The minimum atomic E-state index is 0. The first kappa shape index (κ1) is 34.6. The molecular formula is C24H37Br3Cl2N4O2. The lowest BCUT2D eigenvalue weighted by Gasteiger charge is -2.33. The van der Waals surface area contributed by atoms with Gasteiger partial charge in [0, 0.05) is 103 Å². The number of nitrogens with one attached hydrogen (secondary N) is 2. The standard InChI is InChI=1S/C12H17BrN2O.C12H18N2O.Br2.2ClH/c1-9-8-15(6-5-14-9)10-3-4-11(13)12(7-10)16-2;1-10-9-14(7-6-13-10)11-4-3-5-12(8-11)15-2;1-2;;/h3-4,7,9,14H,5-6,8H2,1-2H3;3-5,8,10,13H,6-7,9H2,1-2H3;;2*1H/t9-;10-;;;/m00.../s1. The summed E-state index contributed by atoms with van der Waals surface area (Å²) in [6.07, 6.45) is 0. The Morgan fingerprint density at radius 1 is 0.800 bits per heavy atom. The van der Waals surface area contributed by atoms with Crippen LogP contribution in [0.2, 0.25) is 0 Å². The zero-order chi connectivity index (χ0) is 24.2. The molecule has 0 bridgehead atoms. The lowest BCUT2D eigenvalue weighted by molar-refractivity contribution is 0.411. The molecule has 35 heavy (non-hydrogen) atoms. The summed E-state index contributed by atoms with van der Waals surface area (Å²) in [4.78, 5) is 4.78. The van der Waals surface area contributed by atoms with Crippen molar-refractivity contribution in [1.82, 2.24) is 10.6 Å². The van der Waals surface area contributed by atoms with Gasteiger partial charge in [-0.15, -0.1) is 24.8 Å². The molecule has 2 saturated heterocycles. The number of methoxy groups -OCH3 is 2. The second-order valence-corrected chi connectivity index (χ2v) is 8.98. The molecule has 0 radical (unpaired) electrons. The van der Waals surface area contributed by atoms with E-state index < -0.39 is 0 Å².